The smallest absolute Gasteiger partial charge is 0.335 e. The molecule has 0 saturated heterocycles. The normalized spacial score (nSPS) is 18.9. The van der Waals surface area contributed by atoms with Gasteiger partial charge in [-0.15, -0.1) is 0 Å². The van der Waals surface area contributed by atoms with Gasteiger partial charge in [-0.3, -0.25) is 4.79 Å². The molecule has 7 heteroatoms. The first-order valence-corrected chi connectivity index (χ1v) is 5.36. The average molecular weight is 270 g/mol. The largest absolute Gasteiger partial charge is 0.479 e. The van der Waals surface area contributed by atoms with E-state index in [1.807, 2.05) is 0 Å². The van der Waals surface area contributed by atoms with Gasteiger partial charge in [-0.25, -0.2) is 4.79 Å². The molecule has 0 aromatic heterocycles. The number of carboxylic acid groups (broad SMARTS) is 1. The summed E-state index contributed by atoms with van der Waals surface area (Å²) in [6.07, 6.45) is -6.78. The predicted octanol–water partition coefficient (Wildman–Crippen LogP) is -1.76. The van der Waals surface area contributed by atoms with Gasteiger partial charge in [-0.2, -0.15) is 0 Å². The van der Waals surface area contributed by atoms with Gasteiger partial charge in [-0.1, -0.05) is 30.3 Å². The van der Waals surface area contributed by atoms with Crippen LogP contribution in [0.4, 0.5) is 0 Å². The van der Waals surface area contributed by atoms with Gasteiger partial charge in [0.05, 0.1) is 0 Å². The summed E-state index contributed by atoms with van der Waals surface area (Å²) in [6.45, 7) is 0. The monoisotopic (exact) mass is 270 g/mol. The van der Waals surface area contributed by atoms with Crippen molar-refractivity contribution in [3.05, 3.63) is 35.9 Å². The quantitative estimate of drug-likeness (QED) is 0.386. The maximum absolute atomic E-state index is 11.0. The molecule has 1 aromatic carbocycles. The van der Waals surface area contributed by atoms with Crippen molar-refractivity contribution in [1.82, 2.24) is 0 Å². The molecule has 4 unspecified atom stereocenters. The van der Waals surface area contributed by atoms with Crippen molar-refractivity contribution in [1.29, 1.82) is 0 Å². The second kappa shape index (κ2) is 5.89. The zero-order valence-corrected chi connectivity index (χ0v) is 9.75. The van der Waals surface area contributed by atoms with Gasteiger partial charge in [-0.05, 0) is 5.56 Å². The highest BCUT2D eigenvalue weighted by Gasteiger charge is 2.45. The predicted molar refractivity (Wildman–Crippen MR) is 62.1 cm³/mol. The van der Waals surface area contributed by atoms with Crippen LogP contribution in [0.15, 0.2) is 30.3 Å². The van der Waals surface area contributed by atoms with E-state index in [9.17, 15) is 24.9 Å². The Hall–Kier alpha value is -1.80. The minimum atomic E-state index is -2.52. The number of carbonyl (C=O) groups excluding carboxylic acids is 1. The summed E-state index contributed by atoms with van der Waals surface area (Å²) in [6, 6.07) is 7.20. The highest BCUT2D eigenvalue weighted by molar-refractivity contribution is 5.73. The lowest BCUT2D eigenvalue weighted by molar-refractivity contribution is -0.177. The van der Waals surface area contributed by atoms with Crippen LogP contribution >= 0.6 is 0 Å². The molecule has 0 aliphatic carbocycles. The number of aliphatic hydroxyl groups excluding tert-OH is 3. The van der Waals surface area contributed by atoms with Crippen LogP contribution in [-0.2, 0) is 15.2 Å². The van der Waals surface area contributed by atoms with Crippen molar-refractivity contribution in [2.45, 2.75) is 23.9 Å². The van der Waals surface area contributed by atoms with Crippen LogP contribution in [0.3, 0.4) is 0 Å². The van der Waals surface area contributed by atoms with Crippen LogP contribution < -0.4 is 0 Å². The van der Waals surface area contributed by atoms with E-state index in [-0.39, 0.29) is 11.8 Å². The Morgan fingerprint density at radius 1 is 1.16 bits per heavy atom. The summed E-state index contributed by atoms with van der Waals surface area (Å²) in [5.74, 6) is -1.78. The van der Waals surface area contributed by atoms with Crippen LogP contribution in [0.1, 0.15) is 5.56 Å². The van der Waals surface area contributed by atoms with E-state index in [0.717, 1.165) is 0 Å². The third-order valence-corrected chi connectivity index (χ3v) is 2.77. The van der Waals surface area contributed by atoms with E-state index in [2.05, 4.69) is 0 Å². The summed E-state index contributed by atoms with van der Waals surface area (Å²) < 4.78 is 0. The van der Waals surface area contributed by atoms with E-state index < -0.39 is 29.9 Å². The van der Waals surface area contributed by atoms with Crippen LogP contribution in [0, 0.1) is 0 Å². The third kappa shape index (κ3) is 2.96. The summed E-state index contributed by atoms with van der Waals surface area (Å²) in [5.41, 5.74) is -2.55. The maximum Gasteiger partial charge on any atom is 0.335 e. The maximum atomic E-state index is 11.0. The molecule has 5 N–H and O–H groups in total. The number of hydrogen-bond donors (Lipinski definition) is 5. The molecule has 7 nitrogen and oxygen atoms in total. The molecule has 0 saturated carbocycles. The van der Waals surface area contributed by atoms with E-state index >= 15 is 0 Å². The SMILES string of the molecule is O=CC(O)(c1ccccc1)C(O)C(O)C(O)C(=O)O. The minimum Gasteiger partial charge on any atom is -0.479 e. The Balaban J connectivity index is 3.09. The molecule has 1 aromatic rings. The van der Waals surface area contributed by atoms with Crippen LogP contribution in [0.25, 0.3) is 0 Å². The van der Waals surface area contributed by atoms with E-state index in [1.54, 1.807) is 6.07 Å². The van der Waals surface area contributed by atoms with E-state index in [1.165, 1.54) is 24.3 Å². The molecule has 0 radical (unpaired) electrons. The second-order valence-corrected chi connectivity index (χ2v) is 4.03. The van der Waals surface area contributed by atoms with Crippen molar-refractivity contribution in [3.63, 3.8) is 0 Å². The molecular formula is C12H14O7. The second-order valence-electron chi connectivity index (χ2n) is 4.03. The highest BCUT2D eigenvalue weighted by atomic mass is 16.4. The Morgan fingerprint density at radius 3 is 2.11 bits per heavy atom. The van der Waals surface area contributed by atoms with Gasteiger partial charge in [0.15, 0.2) is 18.0 Å². The van der Waals surface area contributed by atoms with Crippen molar-refractivity contribution < 1.29 is 35.1 Å². The Bertz CT molecular complexity index is 447. The molecule has 0 aliphatic rings. The van der Waals surface area contributed by atoms with Gasteiger partial charge in [0.1, 0.15) is 12.2 Å². The molecule has 0 heterocycles. The van der Waals surface area contributed by atoms with Gasteiger partial charge in [0.2, 0.25) is 0 Å². The van der Waals surface area contributed by atoms with Gasteiger partial charge < -0.3 is 25.5 Å². The molecule has 0 amide bonds. The molecular weight excluding hydrogens is 256 g/mol. The van der Waals surface area contributed by atoms with Gasteiger partial charge in [0.25, 0.3) is 0 Å². The average Bonchev–Trinajstić information content (AvgIpc) is 2.44. The van der Waals surface area contributed by atoms with Crippen LogP contribution in [-0.4, -0.2) is 56.1 Å². The molecule has 1 rings (SSSR count). The summed E-state index contributed by atoms with van der Waals surface area (Å²) in [5, 5.41) is 47.0. The zero-order valence-electron chi connectivity index (χ0n) is 9.75. The number of rotatable bonds is 6. The summed E-state index contributed by atoms with van der Waals surface area (Å²) in [4.78, 5) is 21.5. The molecule has 0 spiro atoms. The molecule has 4 atom stereocenters. The Morgan fingerprint density at radius 2 is 1.68 bits per heavy atom. The van der Waals surface area contributed by atoms with Crippen molar-refractivity contribution in [3.8, 4) is 0 Å². The number of carbonyl (C=O) groups is 2. The Kier molecular flexibility index (Phi) is 4.73. The first-order valence-electron chi connectivity index (χ1n) is 5.36. The Labute approximate surface area is 108 Å². The fourth-order valence-corrected chi connectivity index (χ4v) is 1.59. The van der Waals surface area contributed by atoms with Crippen molar-refractivity contribution in [2.75, 3.05) is 0 Å². The molecule has 0 aliphatic heterocycles. The van der Waals surface area contributed by atoms with Gasteiger partial charge >= 0.3 is 5.97 Å². The number of aldehydes is 1. The lowest BCUT2D eigenvalue weighted by atomic mass is 9.85. The fourth-order valence-electron chi connectivity index (χ4n) is 1.59. The first-order chi connectivity index (χ1) is 8.84. The highest BCUT2D eigenvalue weighted by Crippen LogP contribution is 2.26. The standard InChI is InChI=1S/C12H14O7/c13-6-12(19,7-4-2-1-3-5-7)10(16)8(14)9(15)11(17)18/h1-6,8-10,14-16,19H,(H,17,18). The zero-order chi connectivity index (χ0) is 14.6. The topological polar surface area (TPSA) is 135 Å². The molecule has 0 fully saturated rings. The van der Waals surface area contributed by atoms with Crippen LogP contribution in [0.2, 0.25) is 0 Å². The van der Waals surface area contributed by atoms with Gasteiger partial charge in [0, 0.05) is 0 Å². The van der Waals surface area contributed by atoms with Crippen molar-refractivity contribution >= 4 is 12.3 Å². The molecule has 19 heavy (non-hydrogen) atoms. The number of benzene rings is 1. The summed E-state index contributed by atoms with van der Waals surface area (Å²) >= 11 is 0. The molecule has 0 bridgehead atoms. The fraction of sp³-hybridized carbons (Fsp3) is 0.333. The lowest BCUT2D eigenvalue weighted by Gasteiger charge is -2.32. The summed E-state index contributed by atoms with van der Waals surface area (Å²) in [7, 11) is 0. The molecule has 104 valence electrons. The number of hydrogen-bond acceptors (Lipinski definition) is 6. The van der Waals surface area contributed by atoms with Crippen LogP contribution in [0.5, 0.6) is 0 Å². The number of carboxylic acids is 1. The number of aliphatic hydroxyl groups is 4. The minimum absolute atomic E-state index is 0.0230. The third-order valence-electron chi connectivity index (χ3n) is 2.77. The van der Waals surface area contributed by atoms with Crippen molar-refractivity contribution in [2.24, 2.45) is 0 Å². The van der Waals surface area contributed by atoms with E-state index in [4.69, 9.17) is 10.2 Å². The number of aliphatic carboxylic acids is 1. The first kappa shape index (κ1) is 15.3. The van der Waals surface area contributed by atoms with E-state index in [0.29, 0.717) is 0 Å². The lowest BCUT2D eigenvalue weighted by Crippen LogP contribution is -2.53.